The van der Waals surface area contributed by atoms with E-state index in [2.05, 4.69) is 106 Å². The number of hydrogen-bond donors (Lipinski definition) is 0. The number of hydrogen-bond acceptors (Lipinski definition) is 6. The zero-order valence-corrected chi connectivity index (χ0v) is 44.6. The summed E-state index contributed by atoms with van der Waals surface area (Å²) in [5.41, 5.74) is 0. The molecule has 68 heavy (non-hydrogen) atoms. The first-order chi connectivity index (χ1) is 33.5. The molecule has 0 rings (SSSR count). The quantitative estimate of drug-likeness (QED) is 0.0262. The lowest BCUT2D eigenvalue weighted by Crippen LogP contribution is -2.30. The molecule has 1 atom stereocenters. The van der Waals surface area contributed by atoms with Gasteiger partial charge in [0.1, 0.15) is 13.2 Å². The fourth-order valence-corrected chi connectivity index (χ4v) is 7.81. The SMILES string of the molecule is CC/C=C\C/C=C\C/C=C\C/C=C\C/C=C\CCCCCCCC(=O)OCC(COC(=O)CCCCCCC/C=C\CCCCC)OC(=O)CCCCCCCCC/C=C\CCCCCCCC. The lowest BCUT2D eigenvalue weighted by Gasteiger charge is -2.18. The van der Waals surface area contributed by atoms with Crippen LogP contribution in [0.15, 0.2) is 85.1 Å². The van der Waals surface area contributed by atoms with Gasteiger partial charge < -0.3 is 14.2 Å². The van der Waals surface area contributed by atoms with E-state index in [1.165, 1.54) is 116 Å². The third kappa shape index (κ3) is 53.5. The second kappa shape index (κ2) is 56.2. The second-order valence-electron chi connectivity index (χ2n) is 18.8. The molecule has 0 amide bonds. The molecule has 0 radical (unpaired) electrons. The molecule has 0 aliphatic carbocycles. The Kier molecular flexibility index (Phi) is 53.4. The molecule has 0 aromatic heterocycles. The number of esters is 3. The molecule has 6 nitrogen and oxygen atoms in total. The predicted molar refractivity (Wildman–Crippen MR) is 293 cm³/mol. The summed E-state index contributed by atoms with van der Waals surface area (Å²) in [5, 5.41) is 0. The van der Waals surface area contributed by atoms with Crippen LogP contribution >= 0.6 is 0 Å². The van der Waals surface area contributed by atoms with Gasteiger partial charge >= 0.3 is 17.9 Å². The number of unbranched alkanes of at least 4 members (excludes halogenated alkanes) is 26. The molecule has 0 saturated carbocycles. The smallest absolute Gasteiger partial charge is 0.306 e. The Labute approximate surface area is 420 Å². The van der Waals surface area contributed by atoms with E-state index >= 15 is 0 Å². The topological polar surface area (TPSA) is 78.9 Å². The normalized spacial score (nSPS) is 12.7. The summed E-state index contributed by atoms with van der Waals surface area (Å²) in [4.78, 5) is 38.1. The number of carbonyl (C=O) groups is 3. The Morgan fingerprint density at radius 1 is 0.309 bits per heavy atom. The van der Waals surface area contributed by atoms with E-state index in [4.69, 9.17) is 14.2 Å². The van der Waals surface area contributed by atoms with Crippen LogP contribution < -0.4 is 0 Å². The van der Waals surface area contributed by atoms with Gasteiger partial charge in [0.25, 0.3) is 0 Å². The highest BCUT2D eigenvalue weighted by molar-refractivity contribution is 5.71. The van der Waals surface area contributed by atoms with Crippen molar-refractivity contribution in [2.24, 2.45) is 0 Å². The summed E-state index contributed by atoms with van der Waals surface area (Å²) in [6.07, 6.45) is 72.8. The number of ether oxygens (including phenoxy) is 3. The Morgan fingerprint density at radius 2 is 0.574 bits per heavy atom. The Morgan fingerprint density at radius 3 is 0.941 bits per heavy atom. The van der Waals surface area contributed by atoms with Crippen molar-refractivity contribution in [3.05, 3.63) is 85.1 Å². The van der Waals surface area contributed by atoms with Gasteiger partial charge in [0.2, 0.25) is 0 Å². The molecule has 0 bridgehead atoms. The maximum Gasteiger partial charge on any atom is 0.306 e. The third-order valence-corrected chi connectivity index (χ3v) is 12.1. The Hall–Kier alpha value is -3.41. The first-order valence-corrected chi connectivity index (χ1v) is 28.6. The standard InChI is InChI=1S/C62H106O6/c1-4-7-10-13-16-19-22-25-27-29-30-31-32-34-35-37-40-43-46-49-52-55-61(64)67-58-59(57-66-60(63)54-51-48-45-42-39-24-21-18-15-12-9-6-3)68-62(65)56-53-50-47-44-41-38-36-33-28-26-23-20-17-14-11-8-5-2/h7,10,16,18-19,21,25-28,30-31,34-35,59H,4-6,8-9,11-15,17,20,22-24,29,32-33,36-58H2,1-3H3/b10-7-,19-16-,21-18-,27-25-,28-26-,31-30-,35-34-. The van der Waals surface area contributed by atoms with E-state index in [1.54, 1.807) is 0 Å². The molecule has 0 aromatic rings. The Bertz CT molecular complexity index is 1320. The van der Waals surface area contributed by atoms with Crippen LogP contribution in [0.1, 0.15) is 271 Å². The summed E-state index contributed by atoms with van der Waals surface area (Å²) >= 11 is 0. The van der Waals surface area contributed by atoms with Crippen LogP contribution in [0.3, 0.4) is 0 Å². The molecular weight excluding hydrogens is 841 g/mol. The average molecular weight is 948 g/mol. The molecule has 1 unspecified atom stereocenters. The first kappa shape index (κ1) is 64.6. The summed E-state index contributed by atoms with van der Waals surface area (Å²) < 4.78 is 16.8. The molecule has 0 saturated heterocycles. The van der Waals surface area contributed by atoms with Gasteiger partial charge in [-0.25, -0.2) is 0 Å². The van der Waals surface area contributed by atoms with Crippen LogP contribution in [0.5, 0.6) is 0 Å². The fraction of sp³-hybridized carbons (Fsp3) is 0.726. The fourth-order valence-electron chi connectivity index (χ4n) is 7.81. The van der Waals surface area contributed by atoms with Crippen molar-refractivity contribution in [3.8, 4) is 0 Å². The lowest BCUT2D eigenvalue weighted by atomic mass is 10.1. The molecular formula is C62H106O6. The number of carbonyl (C=O) groups excluding carboxylic acids is 3. The van der Waals surface area contributed by atoms with Crippen LogP contribution in [0.2, 0.25) is 0 Å². The third-order valence-electron chi connectivity index (χ3n) is 12.1. The van der Waals surface area contributed by atoms with Gasteiger partial charge in [-0.15, -0.1) is 0 Å². The summed E-state index contributed by atoms with van der Waals surface area (Å²) in [6.45, 7) is 6.48. The Balaban J connectivity index is 4.40. The van der Waals surface area contributed by atoms with Gasteiger partial charge in [0, 0.05) is 19.3 Å². The first-order valence-electron chi connectivity index (χ1n) is 28.6. The van der Waals surface area contributed by atoms with Crippen LogP contribution in [-0.2, 0) is 28.6 Å². The molecule has 0 aromatic carbocycles. The zero-order chi connectivity index (χ0) is 49.3. The van der Waals surface area contributed by atoms with E-state index in [1.807, 2.05) is 0 Å². The van der Waals surface area contributed by atoms with Crippen LogP contribution in [0, 0.1) is 0 Å². The van der Waals surface area contributed by atoms with E-state index in [9.17, 15) is 14.4 Å². The van der Waals surface area contributed by atoms with E-state index in [-0.39, 0.29) is 31.1 Å². The van der Waals surface area contributed by atoms with E-state index in [0.29, 0.717) is 19.3 Å². The van der Waals surface area contributed by atoms with Crippen molar-refractivity contribution >= 4 is 17.9 Å². The van der Waals surface area contributed by atoms with Gasteiger partial charge in [-0.1, -0.05) is 221 Å². The van der Waals surface area contributed by atoms with Gasteiger partial charge in [0.05, 0.1) is 0 Å². The highest BCUT2D eigenvalue weighted by atomic mass is 16.6. The minimum atomic E-state index is -0.791. The highest BCUT2D eigenvalue weighted by Gasteiger charge is 2.19. The van der Waals surface area contributed by atoms with Crippen LogP contribution in [0.25, 0.3) is 0 Å². The van der Waals surface area contributed by atoms with Crippen molar-refractivity contribution in [2.45, 2.75) is 277 Å². The summed E-state index contributed by atoms with van der Waals surface area (Å²) in [6, 6.07) is 0. The highest BCUT2D eigenvalue weighted by Crippen LogP contribution is 2.14. The lowest BCUT2D eigenvalue weighted by molar-refractivity contribution is -0.167. The zero-order valence-electron chi connectivity index (χ0n) is 44.6. The molecule has 0 aliphatic rings. The summed E-state index contributed by atoms with van der Waals surface area (Å²) in [7, 11) is 0. The van der Waals surface area contributed by atoms with Crippen molar-refractivity contribution in [2.75, 3.05) is 13.2 Å². The largest absolute Gasteiger partial charge is 0.462 e. The molecule has 0 spiro atoms. The number of allylic oxidation sites excluding steroid dienone is 14. The van der Waals surface area contributed by atoms with Gasteiger partial charge in [-0.2, -0.15) is 0 Å². The molecule has 6 heteroatoms. The predicted octanol–water partition coefficient (Wildman–Crippen LogP) is 19.2. The maximum atomic E-state index is 12.8. The van der Waals surface area contributed by atoms with Crippen LogP contribution in [0.4, 0.5) is 0 Å². The van der Waals surface area contributed by atoms with Crippen molar-refractivity contribution in [1.82, 2.24) is 0 Å². The minimum Gasteiger partial charge on any atom is -0.462 e. The van der Waals surface area contributed by atoms with Crippen molar-refractivity contribution in [1.29, 1.82) is 0 Å². The molecule has 0 aliphatic heterocycles. The molecule has 0 heterocycles. The van der Waals surface area contributed by atoms with E-state index in [0.717, 1.165) is 116 Å². The van der Waals surface area contributed by atoms with Crippen LogP contribution in [-0.4, -0.2) is 37.2 Å². The monoisotopic (exact) mass is 947 g/mol. The molecule has 0 N–H and O–H groups in total. The second-order valence-corrected chi connectivity index (χ2v) is 18.8. The van der Waals surface area contributed by atoms with Gasteiger partial charge in [0.15, 0.2) is 6.10 Å². The van der Waals surface area contributed by atoms with E-state index < -0.39 is 6.10 Å². The molecule has 0 fully saturated rings. The van der Waals surface area contributed by atoms with Crippen molar-refractivity contribution < 1.29 is 28.6 Å². The molecule has 390 valence electrons. The van der Waals surface area contributed by atoms with Gasteiger partial charge in [-0.3, -0.25) is 14.4 Å². The average Bonchev–Trinajstić information content (AvgIpc) is 3.34. The minimum absolute atomic E-state index is 0.0887. The summed E-state index contributed by atoms with van der Waals surface area (Å²) in [5.74, 6) is -0.916. The van der Waals surface area contributed by atoms with Gasteiger partial charge in [-0.05, 0) is 116 Å². The van der Waals surface area contributed by atoms with Crippen molar-refractivity contribution in [3.63, 3.8) is 0 Å². The maximum absolute atomic E-state index is 12.8. The number of rotatable bonds is 51.